The molecule has 20 heavy (non-hydrogen) atoms. The van der Waals surface area contributed by atoms with E-state index >= 15 is 0 Å². The lowest BCUT2D eigenvalue weighted by atomic mass is 10.5. The Morgan fingerprint density at radius 1 is 1.25 bits per heavy atom. The lowest BCUT2D eigenvalue weighted by Crippen LogP contribution is -2.37. The zero-order chi connectivity index (χ0) is 15.3. The van der Waals surface area contributed by atoms with Crippen LogP contribution in [0.4, 0.5) is 0 Å². The SMILES string of the molecule is CCOCn1cnc2c1c(=O)n(C)c(=O)n2C.CNC. The molecule has 0 saturated heterocycles. The predicted molar refractivity (Wildman–Crippen MR) is 76.8 cm³/mol. The van der Waals surface area contributed by atoms with Crippen LogP contribution in [0.15, 0.2) is 15.9 Å². The summed E-state index contributed by atoms with van der Waals surface area (Å²) in [6.45, 7) is 2.67. The number of nitrogens with zero attached hydrogens (tertiary/aromatic N) is 4. The topological polar surface area (TPSA) is 83.1 Å². The molecule has 0 aliphatic carbocycles. The van der Waals surface area contributed by atoms with Crippen molar-refractivity contribution in [2.24, 2.45) is 14.1 Å². The molecule has 0 atom stereocenters. The summed E-state index contributed by atoms with van der Waals surface area (Å²) in [5, 5.41) is 2.75. The maximum absolute atomic E-state index is 12.0. The molecule has 0 fully saturated rings. The maximum atomic E-state index is 12.0. The highest BCUT2D eigenvalue weighted by Gasteiger charge is 2.13. The summed E-state index contributed by atoms with van der Waals surface area (Å²) in [6, 6.07) is 0. The van der Waals surface area contributed by atoms with Gasteiger partial charge in [0, 0.05) is 20.7 Å². The summed E-state index contributed by atoms with van der Waals surface area (Å²) in [7, 11) is 6.78. The molecule has 0 aliphatic heterocycles. The molecule has 2 rings (SSSR count). The minimum Gasteiger partial charge on any atom is -0.361 e. The van der Waals surface area contributed by atoms with Crippen LogP contribution in [0.5, 0.6) is 0 Å². The second-order valence-electron chi connectivity index (χ2n) is 4.21. The van der Waals surface area contributed by atoms with Crippen molar-refractivity contribution in [3.8, 4) is 0 Å². The van der Waals surface area contributed by atoms with Gasteiger partial charge in [0.2, 0.25) is 0 Å². The average Bonchev–Trinajstić information content (AvgIpc) is 2.85. The highest BCUT2D eigenvalue weighted by molar-refractivity contribution is 5.69. The number of hydrogen-bond donors (Lipinski definition) is 1. The van der Waals surface area contributed by atoms with E-state index in [0.29, 0.717) is 17.8 Å². The molecule has 8 nitrogen and oxygen atoms in total. The molecule has 8 heteroatoms. The standard InChI is InChI=1S/C10H14N4O3.C2H7N/c1-4-17-6-14-5-11-8-7(14)9(15)13(3)10(16)12(8)2;1-3-2/h5H,4,6H2,1-3H3;3H,1-2H3. The van der Waals surface area contributed by atoms with Crippen molar-refractivity contribution < 1.29 is 4.74 Å². The van der Waals surface area contributed by atoms with Gasteiger partial charge in [0.15, 0.2) is 11.2 Å². The minimum atomic E-state index is -0.385. The van der Waals surface area contributed by atoms with Gasteiger partial charge in [-0.1, -0.05) is 0 Å². The minimum absolute atomic E-state index is 0.250. The molecular formula is C12H21N5O3. The second-order valence-corrected chi connectivity index (χ2v) is 4.21. The molecule has 2 aromatic rings. The van der Waals surface area contributed by atoms with E-state index in [4.69, 9.17) is 4.74 Å². The number of hydrogen-bond acceptors (Lipinski definition) is 5. The van der Waals surface area contributed by atoms with E-state index < -0.39 is 0 Å². The number of nitrogens with one attached hydrogen (secondary N) is 1. The first-order chi connectivity index (χ1) is 9.49. The number of aryl methyl sites for hydroxylation is 1. The van der Waals surface area contributed by atoms with Gasteiger partial charge in [-0.3, -0.25) is 13.9 Å². The van der Waals surface area contributed by atoms with Gasteiger partial charge < -0.3 is 14.6 Å². The van der Waals surface area contributed by atoms with E-state index in [1.54, 1.807) is 11.6 Å². The van der Waals surface area contributed by atoms with Gasteiger partial charge in [-0.25, -0.2) is 9.78 Å². The highest BCUT2D eigenvalue weighted by Crippen LogP contribution is 2.05. The first kappa shape index (κ1) is 16.1. The number of ether oxygens (including phenoxy) is 1. The van der Waals surface area contributed by atoms with Crippen LogP contribution < -0.4 is 16.6 Å². The van der Waals surface area contributed by atoms with Gasteiger partial charge >= 0.3 is 5.69 Å². The van der Waals surface area contributed by atoms with E-state index in [9.17, 15) is 9.59 Å². The Labute approximate surface area is 116 Å². The summed E-state index contributed by atoms with van der Waals surface area (Å²) < 4.78 is 9.24. The van der Waals surface area contributed by atoms with Gasteiger partial charge in [0.1, 0.15) is 6.73 Å². The van der Waals surface area contributed by atoms with Crippen molar-refractivity contribution in [3.63, 3.8) is 0 Å². The number of rotatable bonds is 3. The van der Waals surface area contributed by atoms with Gasteiger partial charge in [-0.15, -0.1) is 0 Å². The van der Waals surface area contributed by atoms with Gasteiger partial charge in [-0.2, -0.15) is 0 Å². The van der Waals surface area contributed by atoms with E-state index in [-0.39, 0.29) is 18.0 Å². The monoisotopic (exact) mass is 283 g/mol. The first-order valence-electron chi connectivity index (χ1n) is 6.26. The van der Waals surface area contributed by atoms with Crippen LogP contribution in [0.3, 0.4) is 0 Å². The highest BCUT2D eigenvalue weighted by atomic mass is 16.5. The Morgan fingerprint density at radius 3 is 2.40 bits per heavy atom. The fourth-order valence-electron chi connectivity index (χ4n) is 1.68. The van der Waals surface area contributed by atoms with Crippen molar-refractivity contribution in [3.05, 3.63) is 27.2 Å². The molecule has 0 spiro atoms. The summed E-state index contributed by atoms with van der Waals surface area (Å²) >= 11 is 0. The van der Waals surface area contributed by atoms with Crippen LogP contribution in [-0.2, 0) is 25.6 Å². The average molecular weight is 283 g/mol. The summed E-state index contributed by atoms with van der Waals surface area (Å²) in [6.07, 6.45) is 1.50. The second kappa shape index (κ2) is 7.01. The van der Waals surface area contributed by atoms with E-state index in [0.717, 1.165) is 4.57 Å². The molecule has 0 amide bonds. The van der Waals surface area contributed by atoms with Crippen molar-refractivity contribution in [2.45, 2.75) is 13.7 Å². The third-order valence-electron chi connectivity index (χ3n) is 2.65. The summed E-state index contributed by atoms with van der Waals surface area (Å²) in [5.41, 5.74) is 0.00492. The molecule has 0 aliphatic rings. The molecular weight excluding hydrogens is 262 g/mol. The summed E-state index contributed by atoms with van der Waals surface area (Å²) in [5.74, 6) is 0. The normalized spacial score (nSPS) is 10.4. The van der Waals surface area contributed by atoms with Crippen molar-refractivity contribution >= 4 is 11.2 Å². The number of imidazole rings is 1. The van der Waals surface area contributed by atoms with Crippen LogP contribution in [0.2, 0.25) is 0 Å². The molecule has 2 heterocycles. The van der Waals surface area contributed by atoms with E-state index in [1.807, 2.05) is 21.0 Å². The largest absolute Gasteiger partial charge is 0.361 e. The molecule has 0 unspecified atom stereocenters. The van der Waals surface area contributed by atoms with Crippen LogP contribution in [0.25, 0.3) is 11.2 Å². The number of aromatic nitrogens is 4. The van der Waals surface area contributed by atoms with E-state index in [1.165, 1.54) is 17.9 Å². The van der Waals surface area contributed by atoms with Crippen LogP contribution >= 0.6 is 0 Å². The Bertz CT molecular complexity index is 683. The zero-order valence-corrected chi connectivity index (χ0v) is 12.5. The molecule has 0 bridgehead atoms. The maximum Gasteiger partial charge on any atom is 0.332 e. The molecule has 0 radical (unpaired) electrons. The van der Waals surface area contributed by atoms with Gasteiger partial charge in [0.05, 0.1) is 6.33 Å². The summed E-state index contributed by atoms with van der Waals surface area (Å²) in [4.78, 5) is 27.7. The third-order valence-corrected chi connectivity index (χ3v) is 2.65. The molecule has 112 valence electrons. The van der Waals surface area contributed by atoms with Crippen LogP contribution in [0.1, 0.15) is 6.92 Å². The fourth-order valence-corrected chi connectivity index (χ4v) is 1.68. The van der Waals surface area contributed by atoms with Crippen LogP contribution in [0, 0.1) is 0 Å². The van der Waals surface area contributed by atoms with Crippen LogP contribution in [-0.4, -0.2) is 39.4 Å². The molecule has 0 saturated carbocycles. The smallest absolute Gasteiger partial charge is 0.332 e. The first-order valence-corrected chi connectivity index (χ1v) is 6.26. The van der Waals surface area contributed by atoms with Gasteiger partial charge in [0.25, 0.3) is 5.56 Å². The number of fused-ring (bicyclic) bond motifs is 1. The molecule has 2 aromatic heterocycles. The van der Waals surface area contributed by atoms with Crippen molar-refractivity contribution in [1.29, 1.82) is 0 Å². The Morgan fingerprint density at radius 2 is 1.85 bits per heavy atom. The van der Waals surface area contributed by atoms with Crippen molar-refractivity contribution in [1.82, 2.24) is 24.0 Å². The molecule has 0 aromatic carbocycles. The zero-order valence-electron chi connectivity index (χ0n) is 12.5. The third kappa shape index (κ3) is 2.97. The van der Waals surface area contributed by atoms with E-state index in [2.05, 4.69) is 10.3 Å². The molecule has 1 N–H and O–H groups in total. The lowest BCUT2D eigenvalue weighted by molar-refractivity contribution is 0.0903. The van der Waals surface area contributed by atoms with Gasteiger partial charge in [-0.05, 0) is 21.0 Å². The Hall–Kier alpha value is -1.93. The predicted octanol–water partition coefficient (Wildman–Crippen LogP) is -0.737. The quantitative estimate of drug-likeness (QED) is 0.802. The Kier molecular flexibility index (Phi) is 5.66. The van der Waals surface area contributed by atoms with Crippen molar-refractivity contribution in [2.75, 3.05) is 20.7 Å². The lowest BCUT2D eigenvalue weighted by Gasteiger charge is -2.06. The Balaban J connectivity index is 0.000000612. The fraction of sp³-hybridized carbons (Fsp3) is 0.583.